The van der Waals surface area contributed by atoms with Gasteiger partial charge < -0.3 is 9.69 Å². The van der Waals surface area contributed by atoms with Gasteiger partial charge in [-0.25, -0.2) is 0 Å². The van der Waals surface area contributed by atoms with Crippen LogP contribution in [-0.2, 0) is 4.79 Å². The second-order valence-electron chi connectivity index (χ2n) is 4.36. The Hall–Kier alpha value is -0.410. The van der Waals surface area contributed by atoms with E-state index in [0.29, 0.717) is 6.42 Å². The lowest BCUT2D eigenvalue weighted by atomic mass is 10.3. The van der Waals surface area contributed by atoms with Gasteiger partial charge in [-0.3, -0.25) is 4.90 Å². The molecule has 0 radical (unpaired) electrons. The Morgan fingerprint density at radius 2 is 1.80 bits per heavy atom. The molecule has 1 rings (SSSR count). The summed E-state index contributed by atoms with van der Waals surface area (Å²) in [4.78, 5) is 14.2. The van der Waals surface area contributed by atoms with Crippen LogP contribution in [0.3, 0.4) is 0 Å². The van der Waals surface area contributed by atoms with Crippen LogP contribution in [0.1, 0.15) is 33.6 Å². The Kier molecular flexibility index (Phi) is 8.62. The molecule has 3 nitrogen and oxygen atoms in total. The van der Waals surface area contributed by atoms with Crippen LogP contribution in [-0.4, -0.2) is 55.4 Å². The molecule has 0 amide bonds. The standard InChI is InChI=1S/C9H20N2.C3H6O/c1-9(2)11-6-4-5-10(3)7-8-11;1-2-3-4/h9H,4-8H2,1-3H3;3H,2H2,1H3. The van der Waals surface area contributed by atoms with Gasteiger partial charge in [-0.05, 0) is 40.4 Å². The second-order valence-corrected chi connectivity index (χ2v) is 4.36. The number of aldehydes is 1. The molecule has 0 spiro atoms. The van der Waals surface area contributed by atoms with Gasteiger partial charge in [0.15, 0.2) is 0 Å². The molecule has 0 aromatic rings. The Labute approximate surface area is 94.4 Å². The summed E-state index contributed by atoms with van der Waals surface area (Å²) < 4.78 is 0. The number of hydrogen-bond acceptors (Lipinski definition) is 3. The molecule has 1 heterocycles. The SMILES string of the molecule is CC(C)N1CCCN(C)CC1.CCC=O. The quantitative estimate of drug-likeness (QED) is 0.653. The summed E-state index contributed by atoms with van der Waals surface area (Å²) in [5, 5.41) is 0. The predicted molar refractivity (Wildman–Crippen MR) is 65.2 cm³/mol. The van der Waals surface area contributed by atoms with Crippen molar-refractivity contribution in [3.63, 3.8) is 0 Å². The lowest BCUT2D eigenvalue weighted by molar-refractivity contribution is -0.107. The molecule has 15 heavy (non-hydrogen) atoms. The molecule has 1 aliphatic rings. The normalized spacial score (nSPS) is 19.3. The average Bonchev–Trinajstić information content (AvgIpc) is 2.43. The van der Waals surface area contributed by atoms with Crippen molar-refractivity contribution < 1.29 is 4.79 Å². The third-order valence-electron chi connectivity index (χ3n) is 2.65. The van der Waals surface area contributed by atoms with E-state index in [1.807, 2.05) is 6.92 Å². The van der Waals surface area contributed by atoms with Crippen LogP contribution in [0, 0.1) is 0 Å². The fourth-order valence-corrected chi connectivity index (χ4v) is 1.58. The van der Waals surface area contributed by atoms with E-state index in [0.717, 1.165) is 12.3 Å². The Morgan fingerprint density at radius 1 is 1.20 bits per heavy atom. The van der Waals surface area contributed by atoms with Crippen molar-refractivity contribution in [1.82, 2.24) is 9.80 Å². The molecule has 0 N–H and O–H groups in total. The van der Waals surface area contributed by atoms with E-state index in [1.54, 1.807) is 0 Å². The van der Waals surface area contributed by atoms with E-state index >= 15 is 0 Å². The van der Waals surface area contributed by atoms with Crippen LogP contribution in [0.2, 0.25) is 0 Å². The van der Waals surface area contributed by atoms with Crippen LogP contribution in [0.5, 0.6) is 0 Å². The van der Waals surface area contributed by atoms with E-state index in [9.17, 15) is 4.79 Å². The summed E-state index contributed by atoms with van der Waals surface area (Å²) >= 11 is 0. The maximum atomic E-state index is 9.17. The maximum Gasteiger partial charge on any atom is 0.119 e. The van der Waals surface area contributed by atoms with Crippen LogP contribution in [0.15, 0.2) is 0 Å². The monoisotopic (exact) mass is 214 g/mol. The summed E-state index contributed by atoms with van der Waals surface area (Å²) in [6.07, 6.45) is 2.84. The van der Waals surface area contributed by atoms with Crippen LogP contribution >= 0.6 is 0 Å². The van der Waals surface area contributed by atoms with Crippen molar-refractivity contribution in [3.05, 3.63) is 0 Å². The minimum atomic E-state index is 0.639. The summed E-state index contributed by atoms with van der Waals surface area (Å²) in [6.45, 7) is 11.4. The molecule has 0 bridgehead atoms. The zero-order valence-corrected chi connectivity index (χ0v) is 10.7. The van der Waals surface area contributed by atoms with Crippen LogP contribution < -0.4 is 0 Å². The topological polar surface area (TPSA) is 23.6 Å². The molecule has 90 valence electrons. The first-order chi connectivity index (χ1) is 7.11. The van der Waals surface area contributed by atoms with Gasteiger partial charge in [0.2, 0.25) is 0 Å². The van der Waals surface area contributed by atoms with E-state index in [4.69, 9.17) is 0 Å². The zero-order chi connectivity index (χ0) is 11.7. The molecule has 0 atom stereocenters. The average molecular weight is 214 g/mol. The number of hydrogen-bond donors (Lipinski definition) is 0. The summed E-state index contributed by atoms with van der Waals surface area (Å²) in [6, 6.07) is 0.724. The van der Waals surface area contributed by atoms with E-state index in [1.165, 1.54) is 32.6 Å². The lowest BCUT2D eigenvalue weighted by Gasteiger charge is -2.23. The Balaban J connectivity index is 0.000000423. The minimum absolute atomic E-state index is 0.639. The van der Waals surface area contributed by atoms with Gasteiger partial charge in [0.05, 0.1) is 0 Å². The molecule has 0 aromatic carbocycles. The number of rotatable bonds is 2. The molecule has 0 unspecified atom stereocenters. The number of likely N-dealkylation sites (N-methyl/N-ethyl adjacent to an activating group) is 1. The Morgan fingerprint density at radius 3 is 2.27 bits per heavy atom. The Bertz CT molecular complexity index is 160. The number of carbonyl (C=O) groups is 1. The van der Waals surface area contributed by atoms with Gasteiger partial charge in [-0.1, -0.05) is 6.92 Å². The summed E-state index contributed by atoms with van der Waals surface area (Å²) in [5.74, 6) is 0. The molecule has 0 saturated carbocycles. The van der Waals surface area contributed by atoms with Crippen LogP contribution in [0.4, 0.5) is 0 Å². The first-order valence-corrected chi connectivity index (χ1v) is 5.98. The van der Waals surface area contributed by atoms with Gasteiger partial charge in [-0.2, -0.15) is 0 Å². The zero-order valence-electron chi connectivity index (χ0n) is 10.7. The molecule has 1 aliphatic heterocycles. The second kappa shape index (κ2) is 8.86. The summed E-state index contributed by atoms with van der Waals surface area (Å²) in [5.41, 5.74) is 0. The fraction of sp³-hybridized carbons (Fsp3) is 0.917. The molecular weight excluding hydrogens is 188 g/mol. The predicted octanol–water partition coefficient (Wildman–Crippen LogP) is 1.63. The van der Waals surface area contributed by atoms with E-state index in [2.05, 4.69) is 30.7 Å². The minimum Gasteiger partial charge on any atom is -0.305 e. The third kappa shape index (κ3) is 7.51. The van der Waals surface area contributed by atoms with Gasteiger partial charge in [0, 0.05) is 25.6 Å². The first kappa shape index (κ1) is 14.6. The van der Waals surface area contributed by atoms with E-state index in [-0.39, 0.29) is 0 Å². The molecule has 0 aliphatic carbocycles. The molecule has 0 aromatic heterocycles. The van der Waals surface area contributed by atoms with Gasteiger partial charge in [0.25, 0.3) is 0 Å². The van der Waals surface area contributed by atoms with Gasteiger partial charge >= 0.3 is 0 Å². The van der Waals surface area contributed by atoms with Crippen molar-refractivity contribution in [2.75, 3.05) is 33.2 Å². The smallest absolute Gasteiger partial charge is 0.119 e. The van der Waals surface area contributed by atoms with Crippen molar-refractivity contribution in [2.24, 2.45) is 0 Å². The highest BCUT2D eigenvalue weighted by molar-refractivity contribution is 5.48. The highest BCUT2D eigenvalue weighted by atomic mass is 16.1. The molecule has 1 saturated heterocycles. The number of carbonyl (C=O) groups excluding carboxylic acids is 1. The van der Waals surface area contributed by atoms with Gasteiger partial charge in [-0.15, -0.1) is 0 Å². The third-order valence-corrected chi connectivity index (χ3v) is 2.65. The summed E-state index contributed by atoms with van der Waals surface area (Å²) in [7, 11) is 2.21. The fourth-order valence-electron chi connectivity index (χ4n) is 1.58. The van der Waals surface area contributed by atoms with Gasteiger partial charge in [0.1, 0.15) is 6.29 Å². The number of nitrogens with zero attached hydrogens (tertiary/aromatic N) is 2. The van der Waals surface area contributed by atoms with Crippen molar-refractivity contribution in [1.29, 1.82) is 0 Å². The highest BCUT2D eigenvalue weighted by Gasteiger charge is 2.13. The molecule has 1 fully saturated rings. The lowest BCUT2D eigenvalue weighted by Crippen LogP contribution is -2.34. The first-order valence-electron chi connectivity index (χ1n) is 5.98. The van der Waals surface area contributed by atoms with Crippen LogP contribution in [0.25, 0.3) is 0 Å². The van der Waals surface area contributed by atoms with Crippen molar-refractivity contribution >= 4 is 6.29 Å². The highest BCUT2D eigenvalue weighted by Crippen LogP contribution is 2.04. The maximum absolute atomic E-state index is 9.17. The van der Waals surface area contributed by atoms with Crippen molar-refractivity contribution in [2.45, 2.75) is 39.7 Å². The van der Waals surface area contributed by atoms with E-state index < -0.39 is 0 Å². The molecular formula is C12H26N2O. The molecule has 3 heteroatoms. The van der Waals surface area contributed by atoms with Crippen molar-refractivity contribution in [3.8, 4) is 0 Å². The largest absolute Gasteiger partial charge is 0.305 e.